The molecule has 80 heavy (non-hydrogen) atoms. The van der Waals surface area contributed by atoms with E-state index in [1.165, 1.54) is 29.2 Å². The van der Waals surface area contributed by atoms with Crippen LogP contribution in [0.2, 0.25) is 0 Å². The predicted molar refractivity (Wildman–Crippen MR) is 296 cm³/mol. The molecule has 0 aromatic heterocycles. The Labute approximate surface area is 466 Å². The van der Waals surface area contributed by atoms with Crippen LogP contribution in [0.1, 0.15) is 125 Å². The van der Waals surface area contributed by atoms with Crippen molar-refractivity contribution in [2.45, 2.75) is 151 Å². The standard InChI is InChI=1S/C57H71N5O16S2/c1-8-60-43-26-23-37(79(72,73)74)31-39(43)56(4,5)47(60)20-11-9-12-21-48-57(6,7)40-32-38(80(75,76)77)24-27-44(40)61(48)29-14-10-13-22-49(64)58-41(25-28-50(65)66)54(70)62-30-16-19-45(62)53(69)59-42(33-51(67)68)46(63)34-78-55(71)52-35(2)17-15-18-36(52)3/h9,11-12,15,17-18,20-21,23-24,26-27,31-32,41-42,45,47H,8,10,13-14,16,19,22,25,28-30,33-34H2,1-7H3,(H,58,64)(H,59,69)(H,65,66)(H,67,68)(H,72,73,74)(H,75,76,77)/b12-9+,20-11+,48-21+/t41-,42-,45-,47?/m0/s1. The molecule has 3 aromatic carbocycles. The number of Topliss-reactive ketones (excluding diaryl/α,β-unsaturated/α-hetero) is 1. The van der Waals surface area contributed by atoms with Crippen molar-refractivity contribution < 1.29 is 74.5 Å². The van der Waals surface area contributed by atoms with Crippen LogP contribution in [-0.2, 0) is 64.6 Å². The summed E-state index contributed by atoms with van der Waals surface area (Å²) in [5.41, 5.74) is 4.00. The number of allylic oxidation sites excluding steroid dienone is 5. The number of carbonyl (C=O) groups excluding carboxylic acids is 5. The Hall–Kier alpha value is -7.21. The number of ketones is 1. The van der Waals surface area contributed by atoms with Crippen molar-refractivity contribution >= 4 is 73.0 Å². The van der Waals surface area contributed by atoms with Crippen molar-refractivity contribution in [2.75, 3.05) is 36.0 Å². The van der Waals surface area contributed by atoms with Crippen LogP contribution in [0.3, 0.4) is 0 Å². The van der Waals surface area contributed by atoms with Crippen LogP contribution in [0.5, 0.6) is 0 Å². The lowest BCUT2D eigenvalue weighted by Gasteiger charge is -2.31. The zero-order valence-electron chi connectivity index (χ0n) is 45.9. The van der Waals surface area contributed by atoms with Gasteiger partial charge in [-0.25, -0.2) is 4.79 Å². The minimum Gasteiger partial charge on any atom is -0.481 e. The Kier molecular flexibility index (Phi) is 19.8. The lowest BCUT2D eigenvalue weighted by Crippen LogP contribution is -2.55. The van der Waals surface area contributed by atoms with E-state index < -0.39 is 110 Å². The number of nitrogens with zero attached hydrogens (tertiary/aromatic N) is 3. The van der Waals surface area contributed by atoms with E-state index in [0.29, 0.717) is 55.5 Å². The number of rotatable bonds is 25. The molecule has 4 atom stereocenters. The first-order chi connectivity index (χ1) is 37.5. The highest BCUT2D eigenvalue weighted by molar-refractivity contribution is 7.86. The molecule has 1 unspecified atom stereocenters. The van der Waals surface area contributed by atoms with Crippen LogP contribution >= 0.6 is 0 Å². The maximum atomic E-state index is 14.1. The number of likely N-dealkylation sites (N-methyl/N-ethyl adjacent to an activating group) is 1. The Morgan fingerprint density at radius 1 is 0.775 bits per heavy atom. The Bertz CT molecular complexity index is 3220. The van der Waals surface area contributed by atoms with Gasteiger partial charge in [-0.05, 0) is 118 Å². The molecule has 3 aromatic rings. The first-order valence-electron chi connectivity index (χ1n) is 26.4. The van der Waals surface area contributed by atoms with Crippen LogP contribution in [0, 0.1) is 13.8 Å². The number of aliphatic carboxylic acids is 2. The van der Waals surface area contributed by atoms with E-state index in [-0.39, 0.29) is 47.2 Å². The monoisotopic (exact) mass is 1150 g/mol. The number of esters is 1. The molecule has 432 valence electrons. The summed E-state index contributed by atoms with van der Waals surface area (Å²) in [5.74, 6) is -6.49. The fourth-order valence-corrected chi connectivity index (χ4v) is 12.0. The van der Waals surface area contributed by atoms with Gasteiger partial charge in [-0.15, -0.1) is 0 Å². The maximum absolute atomic E-state index is 14.1. The van der Waals surface area contributed by atoms with Gasteiger partial charge in [-0.1, -0.05) is 76.6 Å². The quantitative estimate of drug-likeness (QED) is 0.0232. The number of amides is 3. The van der Waals surface area contributed by atoms with Crippen molar-refractivity contribution in [3.8, 4) is 0 Å². The number of carboxylic acids is 2. The van der Waals surface area contributed by atoms with Gasteiger partial charge in [0.05, 0.1) is 27.8 Å². The van der Waals surface area contributed by atoms with Gasteiger partial charge in [0, 0.05) is 60.4 Å². The molecule has 3 aliphatic rings. The largest absolute Gasteiger partial charge is 0.481 e. The summed E-state index contributed by atoms with van der Waals surface area (Å²) >= 11 is 0. The topological polar surface area (TPSA) is 312 Å². The number of ether oxygens (including phenoxy) is 1. The molecule has 3 amide bonds. The predicted octanol–water partition coefficient (Wildman–Crippen LogP) is 6.36. The smallest absolute Gasteiger partial charge is 0.339 e. The van der Waals surface area contributed by atoms with E-state index in [1.54, 1.807) is 44.2 Å². The number of carboxylic acid groups (broad SMARTS) is 2. The first kappa shape index (κ1) is 62.0. The molecule has 6 rings (SSSR count). The van der Waals surface area contributed by atoms with Crippen molar-refractivity contribution in [3.05, 3.63) is 118 Å². The van der Waals surface area contributed by atoms with Gasteiger partial charge >= 0.3 is 17.9 Å². The first-order valence-corrected chi connectivity index (χ1v) is 29.3. The van der Waals surface area contributed by atoms with Gasteiger partial charge in [-0.2, -0.15) is 16.8 Å². The van der Waals surface area contributed by atoms with Crippen molar-refractivity contribution in [1.82, 2.24) is 15.5 Å². The summed E-state index contributed by atoms with van der Waals surface area (Å²) in [6.45, 7) is 13.5. The molecule has 1 fully saturated rings. The average molecular weight is 1150 g/mol. The zero-order valence-corrected chi connectivity index (χ0v) is 47.6. The average Bonchev–Trinajstić information content (AvgIpc) is 4.21. The number of nitrogens with one attached hydrogen (secondary N) is 2. The molecule has 0 bridgehead atoms. The molecule has 0 aliphatic carbocycles. The van der Waals surface area contributed by atoms with Crippen molar-refractivity contribution in [2.24, 2.45) is 0 Å². The number of unbranched alkanes of at least 4 members (excludes halogenated alkanes) is 2. The maximum Gasteiger partial charge on any atom is 0.339 e. The minimum absolute atomic E-state index is 0.0498. The normalized spacial score (nSPS) is 18.8. The SMILES string of the molecule is CCN1c2ccc(S(=O)(=O)O)cc2C(C)(C)C1/C=C/C=C/C=C1/N(CCCCCC(=O)N[C@@H](CCC(=O)O)C(=O)N2CCC[C@H]2C(=O)N[C@@H](CC(=O)O)C(=O)COC(=O)c2c(C)cccc2C)c2ccc(S(=O)(=O)O)cc2C1(C)C. The molecule has 21 nitrogen and oxygen atoms in total. The highest BCUT2D eigenvalue weighted by Crippen LogP contribution is 2.49. The second kappa shape index (κ2) is 25.5. The fourth-order valence-electron chi connectivity index (χ4n) is 10.9. The lowest BCUT2D eigenvalue weighted by atomic mass is 9.80. The molecule has 0 spiro atoms. The van der Waals surface area contributed by atoms with Crippen LogP contribution in [0.15, 0.2) is 100 Å². The molecule has 3 heterocycles. The molecule has 6 N–H and O–H groups in total. The van der Waals surface area contributed by atoms with Crippen LogP contribution < -0.4 is 20.4 Å². The van der Waals surface area contributed by atoms with Gasteiger partial charge in [0.25, 0.3) is 20.2 Å². The number of aryl methyl sites for hydroxylation is 2. The number of hydrogen-bond donors (Lipinski definition) is 6. The zero-order chi connectivity index (χ0) is 59.1. The summed E-state index contributed by atoms with van der Waals surface area (Å²) < 4.78 is 73.4. The van der Waals surface area contributed by atoms with Crippen LogP contribution in [-0.4, -0.2) is 133 Å². The van der Waals surface area contributed by atoms with Crippen LogP contribution in [0.25, 0.3) is 0 Å². The number of likely N-dealkylation sites (tertiary alicyclic amines) is 1. The van der Waals surface area contributed by atoms with Gasteiger partial charge in [0.2, 0.25) is 17.7 Å². The van der Waals surface area contributed by atoms with E-state index in [0.717, 1.165) is 22.6 Å². The minimum atomic E-state index is -4.54. The number of anilines is 2. The second-order valence-corrected chi connectivity index (χ2v) is 24.2. The second-order valence-electron chi connectivity index (χ2n) is 21.4. The Morgan fingerprint density at radius 2 is 1.41 bits per heavy atom. The molecule has 1 saturated heterocycles. The van der Waals surface area contributed by atoms with E-state index in [2.05, 4.69) is 15.5 Å². The molecule has 23 heteroatoms. The molecular formula is C57H71N5O16S2. The number of benzene rings is 3. The van der Waals surface area contributed by atoms with Gasteiger partial charge in [0.1, 0.15) is 18.1 Å². The molecule has 0 radical (unpaired) electrons. The summed E-state index contributed by atoms with van der Waals surface area (Å²) in [7, 11) is -8.95. The Morgan fingerprint density at radius 3 is 2.02 bits per heavy atom. The molecule has 0 saturated carbocycles. The highest BCUT2D eigenvalue weighted by Gasteiger charge is 2.44. The van der Waals surface area contributed by atoms with Gasteiger partial charge in [0.15, 0.2) is 12.4 Å². The number of fused-ring (bicyclic) bond motifs is 2. The van der Waals surface area contributed by atoms with E-state index in [9.17, 15) is 69.7 Å². The summed E-state index contributed by atoms with van der Waals surface area (Å²) in [4.78, 5) is 95.8. The summed E-state index contributed by atoms with van der Waals surface area (Å²) in [6, 6.07) is 9.80. The molecular weight excluding hydrogens is 1070 g/mol. The van der Waals surface area contributed by atoms with Gasteiger partial charge < -0.3 is 40.3 Å². The van der Waals surface area contributed by atoms with E-state index in [1.807, 2.05) is 69.9 Å². The third kappa shape index (κ3) is 14.4. The van der Waals surface area contributed by atoms with Crippen molar-refractivity contribution in [1.29, 1.82) is 0 Å². The third-order valence-electron chi connectivity index (χ3n) is 15.1. The lowest BCUT2D eigenvalue weighted by molar-refractivity contribution is -0.144. The Balaban J connectivity index is 1.09. The summed E-state index contributed by atoms with van der Waals surface area (Å²) in [6.07, 6.45) is 9.70. The summed E-state index contributed by atoms with van der Waals surface area (Å²) in [5, 5.41) is 24.2. The van der Waals surface area contributed by atoms with Crippen LogP contribution in [0.4, 0.5) is 11.4 Å². The highest BCUT2D eigenvalue weighted by atomic mass is 32.2. The molecule has 3 aliphatic heterocycles. The van der Waals surface area contributed by atoms with Gasteiger partial charge in [-0.3, -0.25) is 37.9 Å². The number of hydrogen-bond acceptors (Lipinski definition) is 14. The van der Waals surface area contributed by atoms with E-state index in [4.69, 9.17) is 4.74 Å². The third-order valence-corrected chi connectivity index (χ3v) is 16.8. The van der Waals surface area contributed by atoms with E-state index >= 15 is 0 Å². The number of carbonyl (C=O) groups is 7. The fraction of sp³-hybridized carbons (Fsp3) is 0.456. The van der Waals surface area contributed by atoms with Crippen molar-refractivity contribution in [3.63, 3.8) is 0 Å².